The van der Waals surface area contributed by atoms with E-state index in [9.17, 15) is 4.57 Å². The Bertz CT molecular complexity index is 102. The van der Waals surface area contributed by atoms with Crippen LogP contribution in [0.25, 0.3) is 0 Å². The first-order valence-corrected chi connectivity index (χ1v) is 3.90. The summed E-state index contributed by atoms with van der Waals surface area (Å²) in [5, 5.41) is 0. The molecule has 0 aliphatic carbocycles. The fourth-order valence-corrected chi connectivity index (χ4v) is 0.649. The summed E-state index contributed by atoms with van der Waals surface area (Å²) in [6, 6.07) is 0. The maximum atomic E-state index is 9.97. The highest BCUT2D eigenvalue weighted by atomic mass is 31.1. The van der Waals surface area contributed by atoms with Crippen LogP contribution >= 0.6 is 8.03 Å². The third kappa shape index (κ3) is 5.89. The molecule has 8 heavy (non-hydrogen) atoms. The lowest BCUT2D eigenvalue weighted by Gasteiger charge is -1.82. The van der Waals surface area contributed by atoms with Gasteiger partial charge in [-0.15, -0.1) is 0 Å². The van der Waals surface area contributed by atoms with Crippen molar-refractivity contribution in [3.8, 4) is 0 Å². The third-order valence-corrected chi connectivity index (χ3v) is 1.18. The van der Waals surface area contributed by atoms with Crippen LogP contribution in [-0.2, 0) is 4.57 Å². The SMILES string of the molecule is NCC=CC[PH](=O)O. The Labute approximate surface area is 49.1 Å². The van der Waals surface area contributed by atoms with Crippen molar-refractivity contribution in [1.82, 2.24) is 0 Å². The second-order valence-electron chi connectivity index (χ2n) is 1.30. The van der Waals surface area contributed by atoms with E-state index in [-0.39, 0.29) is 6.16 Å². The van der Waals surface area contributed by atoms with Gasteiger partial charge in [-0.1, -0.05) is 12.2 Å². The van der Waals surface area contributed by atoms with Crippen molar-refractivity contribution >= 4 is 8.03 Å². The van der Waals surface area contributed by atoms with Crippen LogP contribution in [0, 0.1) is 0 Å². The molecular formula is C4H10NO2P. The van der Waals surface area contributed by atoms with Crippen LogP contribution in [-0.4, -0.2) is 17.6 Å². The van der Waals surface area contributed by atoms with E-state index in [1.54, 1.807) is 12.2 Å². The molecule has 48 valence electrons. The molecule has 0 heterocycles. The molecule has 0 spiro atoms. The fourth-order valence-electron chi connectivity index (χ4n) is 0.280. The lowest BCUT2D eigenvalue weighted by molar-refractivity contribution is 0.506. The molecule has 0 saturated carbocycles. The summed E-state index contributed by atoms with van der Waals surface area (Å²) in [6.07, 6.45) is 3.53. The maximum Gasteiger partial charge on any atom is 0.192 e. The molecule has 0 aromatic heterocycles. The summed E-state index contributed by atoms with van der Waals surface area (Å²) in [4.78, 5) is 8.23. The van der Waals surface area contributed by atoms with Gasteiger partial charge in [-0.3, -0.25) is 4.57 Å². The minimum Gasteiger partial charge on any atom is -0.346 e. The second kappa shape index (κ2) is 5.04. The van der Waals surface area contributed by atoms with Crippen LogP contribution in [0.1, 0.15) is 0 Å². The highest BCUT2D eigenvalue weighted by molar-refractivity contribution is 7.38. The molecule has 0 aromatic rings. The minimum absolute atomic E-state index is 0.252. The Morgan fingerprint density at radius 1 is 1.62 bits per heavy atom. The summed E-state index contributed by atoms with van der Waals surface area (Å²) >= 11 is 0. The first kappa shape index (κ1) is 7.89. The van der Waals surface area contributed by atoms with E-state index in [1.165, 1.54) is 0 Å². The quantitative estimate of drug-likeness (QED) is 0.422. The number of nitrogens with two attached hydrogens (primary N) is 1. The van der Waals surface area contributed by atoms with Gasteiger partial charge in [0.1, 0.15) is 0 Å². The number of hydrogen-bond donors (Lipinski definition) is 2. The predicted octanol–water partition coefficient (Wildman–Crippen LogP) is -0.0317. The predicted molar refractivity (Wildman–Crippen MR) is 34.3 cm³/mol. The standard InChI is InChI=1S/C4H10NO2P/c5-3-1-2-4-8(6)7/h1-2,8H,3-5H2,(H,6,7). The van der Waals surface area contributed by atoms with Gasteiger partial charge >= 0.3 is 0 Å². The fraction of sp³-hybridized carbons (Fsp3) is 0.500. The Morgan fingerprint density at radius 3 is 2.62 bits per heavy atom. The molecule has 0 aromatic carbocycles. The molecule has 3 nitrogen and oxygen atoms in total. The molecule has 0 aliphatic rings. The highest BCUT2D eigenvalue weighted by Gasteiger charge is 1.82. The molecule has 0 rings (SSSR count). The summed E-state index contributed by atoms with van der Waals surface area (Å²) < 4.78 is 9.97. The van der Waals surface area contributed by atoms with Gasteiger partial charge in [0, 0.05) is 12.7 Å². The van der Waals surface area contributed by atoms with E-state index >= 15 is 0 Å². The number of hydrogen-bond acceptors (Lipinski definition) is 2. The van der Waals surface area contributed by atoms with Gasteiger partial charge in [-0.25, -0.2) is 0 Å². The largest absolute Gasteiger partial charge is 0.346 e. The van der Waals surface area contributed by atoms with Crippen molar-refractivity contribution in [3.63, 3.8) is 0 Å². The highest BCUT2D eigenvalue weighted by Crippen LogP contribution is 2.10. The van der Waals surface area contributed by atoms with Crippen LogP contribution in [0.4, 0.5) is 0 Å². The van der Waals surface area contributed by atoms with Gasteiger partial charge in [0.25, 0.3) is 0 Å². The topological polar surface area (TPSA) is 63.3 Å². The molecule has 0 saturated heterocycles. The summed E-state index contributed by atoms with van der Waals surface area (Å²) in [7, 11) is -2.30. The second-order valence-corrected chi connectivity index (χ2v) is 2.50. The van der Waals surface area contributed by atoms with E-state index in [4.69, 9.17) is 10.6 Å². The van der Waals surface area contributed by atoms with Crippen LogP contribution in [0.3, 0.4) is 0 Å². The average molecular weight is 135 g/mol. The molecule has 3 N–H and O–H groups in total. The average Bonchev–Trinajstić information content (AvgIpc) is 1.66. The Balaban J connectivity index is 3.16. The zero-order valence-electron chi connectivity index (χ0n) is 4.50. The smallest absolute Gasteiger partial charge is 0.192 e. The van der Waals surface area contributed by atoms with Crippen LogP contribution in [0.5, 0.6) is 0 Å². The van der Waals surface area contributed by atoms with E-state index in [2.05, 4.69) is 0 Å². The molecule has 1 unspecified atom stereocenters. The molecule has 0 radical (unpaired) electrons. The maximum absolute atomic E-state index is 9.97. The van der Waals surface area contributed by atoms with Gasteiger partial charge in [0.15, 0.2) is 8.03 Å². The van der Waals surface area contributed by atoms with Crippen LogP contribution in [0.2, 0.25) is 0 Å². The molecular weight excluding hydrogens is 125 g/mol. The van der Waals surface area contributed by atoms with Crippen molar-refractivity contribution in [2.24, 2.45) is 5.73 Å². The van der Waals surface area contributed by atoms with E-state index in [1.807, 2.05) is 0 Å². The van der Waals surface area contributed by atoms with Crippen molar-refractivity contribution in [1.29, 1.82) is 0 Å². The van der Waals surface area contributed by atoms with Crippen molar-refractivity contribution in [3.05, 3.63) is 12.2 Å². The normalized spacial score (nSPS) is 14.8. The molecule has 0 fully saturated rings. The van der Waals surface area contributed by atoms with E-state index < -0.39 is 8.03 Å². The van der Waals surface area contributed by atoms with Gasteiger partial charge in [0.2, 0.25) is 0 Å². The Kier molecular flexibility index (Phi) is 4.97. The van der Waals surface area contributed by atoms with Crippen molar-refractivity contribution in [2.75, 3.05) is 12.7 Å². The summed E-state index contributed by atoms with van der Waals surface area (Å²) in [5.41, 5.74) is 5.06. The number of allylic oxidation sites excluding steroid dienone is 1. The lowest BCUT2D eigenvalue weighted by atomic mass is 10.5. The van der Waals surface area contributed by atoms with Crippen LogP contribution < -0.4 is 5.73 Å². The molecule has 0 aliphatic heterocycles. The summed E-state index contributed by atoms with van der Waals surface area (Å²) in [5.74, 6) is 0. The number of rotatable bonds is 3. The zero-order valence-corrected chi connectivity index (χ0v) is 5.50. The van der Waals surface area contributed by atoms with Crippen LogP contribution in [0.15, 0.2) is 12.2 Å². The molecule has 0 amide bonds. The van der Waals surface area contributed by atoms with Crippen molar-refractivity contribution < 1.29 is 9.46 Å². The lowest BCUT2D eigenvalue weighted by Crippen LogP contribution is -1.92. The molecule has 0 bridgehead atoms. The molecule has 4 heteroatoms. The minimum atomic E-state index is -2.30. The first-order valence-electron chi connectivity index (χ1n) is 2.34. The van der Waals surface area contributed by atoms with E-state index in [0.29, 0.717) is 6.54 Å². The van der Waals surface area contributed by atoms with E-state index in [0.717, 1.165) is 0 Å². The van der Waals surface area contributed by atoms with Crippen molar-refractivity contribution in [2.45, 2.75) is 0 Å². The molecule has 1 atom stereocenters. The summed E-state index contributed by atoms with van der Waals surface area (Å²) in [6.45, 7) is 0.440. The van der Waals surface area contributed by atoms with Gasteiger partial charge in [-0.2, -0.15) is 0 Å². The van der Waals surface area contributed by atoms with Gasteiger partial charge in [-0.05, 0) is 0 Å². The monoisotopic (exact) mass is 135 g/mol. The Morgan fingerprint density at radius 2 is 2.25 bits per heavy atom. The van der Waals surface area contributed by atoms with Gasteiger partial charge in [0.05, 0.1) is 0 Å². The Hall–Kier alpha value is -0.110. The first-order chi connectivity index (χ1) is 3.77. The third-order valence-electron chi connectivity index (χ3n) is 0.595. The van der Waals surface area contributed by atoms with Gasteiger partial charge < -0.3 is 10.6 Å². The zero-order chi connectivity index (χ0) is 6.41.